The molecule has 3 aromatic rings. The maximum absolute atomic E-state index is 12.5. The van der Waals surface area contributed by atoms with E-state index in [4.69, 9.17) is 4.74 Å². The Morgan fingerprint density at radius 2 is 1.87 bits per heavy atom. The van der Waals surface area contributed by atoms with Crippen molar-refractivity contribution in [2.45, 2.75) is 38.9 Å². The average molecular weight is 489 g/mol. The molecule has 0 atom stereocenters. The van der Waals surface area contributed by atoms with Crippen molar-refractivity contribution in [2.24, 2.45) is 0 Å². The summed E-state index contributed by atoms with van der Waals surface area (Å²) >= 11 is 4.91. The molecule has 1 amide bonds. The molecule has 158 valence electrons. The lowest BCUT2D eigenvalue weighted by atomic mass is 10.1. The number of nitrogens with one attached hydrogen (secondary N) is 1. The van der Waals surface area contributed by atoms with Gasteiger partial charge in [0.15, 0.2) is 5.16 Å². The molecule has 1 N–H and O–H groups in total. The van der Waals surface area contributed by atoms with Crippen molar-refractivity contribution in [2.75, 3.05) is 18.2 Å². The van der Waals surface area contributed by atoms with Gasteiger partial charge in [-0.2, -0.15) is 0 Å². The highest BCUT2D eigenvalue weighted by atomic mass is 79.9. The van der Waals surface area contributed by atoms with Gasteiger partial charge in [-0.1, -0.05) is 23.9 Å². The number of hydrogen-bond donors (Lipinski definition) is 1. The predicted octanol–water partition coefficient (Wildman–Crippen LogP) is 5.01. The number of rotatable bonds is 8. The lowest BCUT2D eigenvalue weighted by molar-refractivity contribution is -0.113. The van der Waals surface area contributed by atoms with Gasteiger partial charge in [0.1, 0.15) is 11.6 Å². The summed E-state index contributed by atoms with van der Waals surface area (Å²) in [6.45, 7) is 6.87. The quantitative estimate of drug-likeness (QED) is 0.451. The van der Waals surface area contributed by atoms with Crippen LogP contribution in [-0.2, 0) is 17.8 Å². The van der Waals surface area contributed by atoms with E-state index in [0.29, 0.717) is 6.42 Å². The molecular weight excluding hydrogens is 464 g/mol. The monoisotopic (exact) mass is 488 g/mol. The maximum Gasteiger partial charge on any atom is 0.234 e. The first-order chi connectivity index (χ1) is 14.4. The Labute approximate surface area is 189 Å². The molecule has 1 aromatic heterocycles. The van der Waals surface area contributed by atoms with Crippen LogP contribution in [0.15, 0.2) is 46.0 Å². The highest BCUT2D eigenvalue weighted by Crippen LogP contribution is 2.27. The molecule has 0 spiro atoms. The van der Waals surface area contributed by atoms with Crippen LogP contribution in [0.25, 0.3) is 0 Å². The zero-order valence-corrected chi connectivity index (χ0v) is 19.9. The van der Waals surface area contributed by atoms with E-state index in [-0.39, 0.29) is 11.7 Å². The summed E-state index contributed by atoms with van der Waals surface area (Å²) in [7, 11) is 1.65. The fourth-order valence-electron chi connectivity index (χ4n) is 2.99. The maximum atomic E-state index is 12.5. The zero-order valence-electron chi connectivity index (χ0n) is 17.5. The fraction of sp³-hybridized carbons (Fsp3) is 0.318. The topological polar surface area (TPSA) is 69.0 Å². The lowest BCUT2D eigenvalue weighted by Gasteiger charge is -2.11. The van der Waals surface area contributed by atoms with Crippen molar-refractivity contribution in [3.05, 3.63) is 63.4 Å². The van der Waals surface area contributed by atoms with E-state index < -0.39 is 0 Å². The van der Waals surface area contributed by atoms with Gasteiger partial charge in [0.2, 0.25) is 5.91 Å². The zero-order chi connectivity index (χ0) is 21.7. The van der Waals surface area contributed by atoms with Gasteiger partial charge in [-0.3, -0.25) is 4.79 Å². The van der Waals surface area contributed by atoms with Crippen LogP contribution in [0.4, 0.5) is 5.69 Å². The van der Waals surface area contributed by atoms with Gasteiger partial charge in [-0.25, -0.2) is 0 Å². The first-order valence-corrected chi connectivity index (χ1v) is 11.4. The van der Waals surface area contributed by atoms with E-state index in [1.54, 1.807) is 7.11 Å². The molecule has 0 saturated heterocycles. The van der Waals surface area contributed by atoms with Crippen molar-refractivity contribution in [1.82, 2.24) is 14.8 Å². The second kappa shape index (κ2) is 10.1. The van der Waals surface area contributed by atoms with Crippen molar-refractivity contribution < 1.29 is 9.53 Å². The summed E-state index contributed by atoms with van der Waals surface area (Å²) in [6.07, 6.45) is 0.674. The minimum absolute atomic E-state index is 0.0775. The Morgan fingerprint density at radius 3 is 2.53 bits per heavy atom. The number of hydrogen-bond acceptors (Lipinski definition) is 5. The Hall–Kier alpha value is -2.32. The normalized spacial score (nSPS) is 10.8. The van der Waals surface area contributed by atoms with Gasteiger partial charge < -0.3 is 14.6 Å². The molecule has 1 heterocycles. The fourth-order valence-corrected chi connectivity index (χ4v) is 4.37. The number of carbonyl (C=O) groups is 1. The Balaban J connectivity index is 1.64. The Bertz CT molecular complexity index is 1030. The van der Waals surface area contributed by atoms with Crippen LogP contribution in [0.1, 0.15) is 29.4 Å². The molecule has 0 aliphatic heterocycles. The predicted molar refractivity (Wildman–Crippen MR) is 124 cm³/mol. The summed E-state index contributed by atoms with van der Waals surface area (Å²) in [5.41, 5.74) is 4.22. The van der Waals surface area contributed by atoms with E-state index in [2.05, 4.69) is 38.4 Å². The number of ether oxygens (including phenoxy) is 1. The lowest BCUT2D eigenvalue weighted by Crippen LogP contribution is -2.15. The highest BCUT2D eigenvalue weighted by Gasteiger charge is 2.14. The Kier molecular flexibility index (Phi) is 7.55. The van der Waals surface area contributed by atoms with Gasteiger partial charge >= 0.3 is 0 Å². The van der Waals surface area contributed by atoms with E-state index in [1.165, 1.54) is 17.3 Å². The van der Waals surface area contributed by atoms with Crippen molar-refractivity contribution >= 4 is 39.3 Å². The Morgan fingerprint density at radius 1 is 1.17 bits per heavy atom. The van der Waals surface area contributed by atoms with Crippen molar-refractivity contribution in [3.8, 4) is 5.75 Å². The van der Waals surface area contributed by atoms with Gasteiger partial charge in [0.25, 0.3) is 0 Å². The summed E-state index contributed by atoms with van der Waals surface area (Å²) in [5.74, 6) is 1.89. The molecule has 0 unspecified atom stereocenters. The van der Waals surface area contributed by atoms with Gasteiger partial charge in [0.05, 0.1) is 18.6 Å². The summed E-state index contributed by atoms with van der Waals surface area (Å²) in [5, 5.41) is 12.4. The summed E-state index contributed by atoms with van der Waals surface area (Å²) in [6, 6.07) is 11.9. The molecular formula is C22H25BrN4O2S. The molecule has 0 saturated carbocycles. The third-order valence-electron chi connectivity index (χ3n) is 4.82. The molecule has 3 rings (SSSR count). The number of halogens is 1. The van der Waals surface area contributed by atoms with E-state index in [9.17, 15) is 4.79 Å². The summed E-state index contributed by atoms with van der Waals surface area (Å²) in [4.78, 5) is 12.5. The minimum atomic E-state index is -0.0775. The number of aryl methyl sites for hydroxylation is 2. The van der Waals surface area contributed by atoms with Crippen LogP contribution in [0.5, 0.6) is 5.75 Å². The number of methoxy groups -OCH3 is 1. The standard InChI is InChI=1S/C22H25BrN4O2S/c1-5-27-20(12-16-6-8-17(29-4)9-7-16)25-26-22(27)30-13-21(28)24-19-11-15(3)14(2)10-18(19)23/h6-11H,5,12-13H2,1-4H3,(H,24,28). The second-order valence-corrected chi connectivity index (χ2v) is 8.72. The van der Waals surface area contributed by atoms with E-state index in [1.807, 2.05) is 54.8 Å². The van der Waals surface area contributed by atoms with Gasteiger partial charge in [-0.15, -0.1) is 10.2 Å². The van der Waals surface area contributed by atoms with Crippen LogP contribution in [0, 0.1) is 13.8 Å². The third-order valence-corrected chi connectivity index (χ3v) is 6.44. The second-order valence-electron chi connectivity index (χ2n) is 6.92. The molecule has 0 aliphatic carbocycles. The van der Waals surface area contributed by atoms with Crippen molar-refractivity contribution in [3.63, 3.8) is 0 Å². The van der Waals surface area contributed by atoms with Crippen LogP contribution < -0.4 is 10.1 Å². The van der Waals surface area contributed by atoms with Crippen LogP contribution in [-0.4, -0.2) is 33.5 Å². The van der Waals surface area contributed by atoms with Gasteiger partial charge in [-0.05, 0) is 77.7 Å². The largest absolute Gasteiger partial charge is 0.497 e. The van der Waals surface area contributed by atoms with E-state index >= 15 is 0 Å². The summed E-state index contributed by atoms with van der Waals surface area (Å²) < 4.78 is 8.13. The molecule has 0 radical (unpaired) electrons. The highest BCUT2D eigenvalue weighted by molar-refractivity contribution is 9.10. The first kappa shape index (κ1) is 22.4. The first-order valence-electron chi connectivity index (χ1n) is 9.65. The number of anilines is 1. The van der Waals surface area contributed by atoms with Crippen LogP contribution >= 0.6 is 27.7 Å². The SMILES string of the molecule is CCn1c(Cc2ccc(OC)cc2)nnc1SCC(=O)Nc1cc(C)c(C)cc1Br. The van der Waals surface area contributed by atoms with Crippen LogP contribution in [0.2, 0.25) is 0 Å². The van der Waals surface area contributed by atoms with Gasteiger partial charge in [0, 0.05) is 17.4 Å². The number of carbonyl (C=O) groups excluding carboxylic acids is 1. The number of nitrogens with zero attached hydrogens (tertiary/aromatic N) is 3. The number of aromatic nitrogens is 3. The third kappa shape index (κ3) is 5.43. The minimum Gasteiger partial charge on any atom is -0.497 e. The molecule has 0 fully saturated rings. The number of amides is 1. The molecule has 8 heteroatoms. The van der Waals surface area contributed by atoms with Crippen molar-refractivity contribution in [1.29, 1.82) is 0 Å². The van der Waals surface area contributed by atoms with Crippen LogP contribution in [0.3, 0.4) is 0 Å². The smallest absolute Gasteiger partial charge is 0.234 e. The molecule has 0 aliphatic rings. The van der Waals surface area contributed by atoms with E-state index in [0.717, 1.165) is 44.6 Å². The molecule has 30 heavy (non-hydrogen) atoms. The number of benzene rings is 2. The average Bonchev–Trinajstić information content (AvgIpc) is 3.12. The number of thioether (sulfide) groups is 1. The molecule has 0 bridgehead atoms. The molecule has 6 nitrogen and oxygen atoms in total. The molecule has 2 aromatic carbocycles.